The van der Waals surface area contributed by atoms with Crippen molar-refractivity contribution in [3.63, 3.8) is 0 Å². The van der Waals surface area contributed by atoms with Crippen molar-refractivity contribution < 1.29 is 0 Å². The Labute approximate surface area is 243 Å². The maximum Gasteiger partial charge on any atom is 0.145 e. The summed E-state index contributed by atoms with van der Waals surface area (Å²) in [4.78, 5) is 7.37. The van der Waals surface area contributed by atoms with E-state index < -0.39 is 0 Å². The lowest BCUT2D eigenvalue weighted by atomic mass is 9.98. The molecule has 0 saturated heterocycles. The Balaban J connectivity index is 1.45. The van der Waals surface area contributed by atoms with Gasteiger partial charge in [-0.1, -0.05) is 109 Å². The van der Waals surface area contributed by atoms with Gasteiger partial charge in [0.1, 0.15) is 5.82 Å². The first-order valence-corrected chi connectivity index (χ1v) is 14.3. The number of anilines is 3. The summed E-state index contributed by atoms with van der Waals surface area (Å²) in [5.74, 6) is 0.930. The third-order valence-electron chi connectivity index (χ3n) is 8.54. The SMILES string of the molecule is c1ccc2c(c1)-c1c(n(-c3ccc4ccccc4c3)c3ccccc13)-c1ccccc1N2c1nccc2ccccc12. The van der Waals surface area contributed by atoms with Gasteiger partial charge in [-0.25, -0.2) is 4.98 Å². The highest BCUT2D eigenvalue weighted by Crippen LogP contribution is 2.54. The zero-order valence-electron chi connectivity index (χ0n) is 22.8. The number of rotatable bonds is 2. The Bertz CT molecular complexity index is 2320. The van der Waals surface area contributed by atoms with Crippen LogP contribution in [0.25, 0.3) is 60.5 Å². The number of hydrogen-bond donors (Lipinski definition) is 0. The number of nitrogens with zero attached hydrogens (tertiary/aromatic N) is 3. The minimum Gasteiger partial charge on any atom is -0.309 e. The predicted molar refractivity (Wildman–Crippen MR) is 175 cm³/mol. The second-order valence-corrected chi connectivity index (χ2v) is 10.8. The molecule has 42 heavy (non-hydrogen) atoms. The number of fused-ring (bicyclic) bond motifs is 9. The maximum atomic E-state index is 5.01. The van der Waals surface area contributed by atoms with E-state index in [1.807, 2.05) is 6.20 Å². The number of aromatic nitrogens is 2. The van der Waals surface area contributed by atoms with Gasteiger partial charge in [-0.05, 0) is 52.6 Å². The molecule has 8 aromatic rings. The maximum absolute atomic E-state index is 5.01. The third-order valence-corrected chi connectivity index (χ3v) is 8.54. The van der Waals surface area contributed by atoms with E-state index in [0.29, 0.717) is 0 Å². The number of benzene rings is 6. The van der Waals surface area contributed by atoms with E-state index in [1.54, 1.807) is 0 Å². The normalized spacial score (nSPS) is 12.2. The zero-order chi connectivity index (χ0) is 27.6. The Hall–Kier alpha value is -5.67. The topological polar surface area (TPSA) is 21.1 Å². The Morgan fingerprint density at radius 2 is 1.12 bits per heavy atom. The van der Waals surface area contributed by atoms with Crippen LogP contribution in [0, 0.1) is 0 Å². The fraction of sp³-hybridized carbons (Fsp3) is 0. The zero-order valence-corrected chi connectivity index (χ0v) is 22.8. The summed E-state index contributed by atoms with van der Waals surface area (Å²) < 4.78 is 2.45. The van der Waals surface area contributed by atoms with Crippen LogP contribution in [0.1, 0.15) is 0 Å². The molecule has 196 valence electrons. The fourth-order valence-corrected chi connectivity index (χ4v) is 6.74. The van der Waals surface area contributed by atoms with Crippen molar-refractivity contribution in [2.24, 2.45) is 0 Å². The van der Waals surface area contributed by atoms with Gasteiger partial charge >= 0.3 is 0 Å². The molecule has 0 radical (unpaired) electrons. The van der Waals surface area contributed by atoms with Crippen LogP contribution >= 0.6 is 0 Å². The second-order valence-electron chi connectivity index (χ2n) is 10.8. The summed E-state index contributed by atoms with van der Waals surface area (Å²) in [7, 11) is 0. The Morgan fingerprint density at radius 3 is 1.98 bits per heavy atom. The van der Waals surface area contributed by atoms with Crippen LogP contribution in [0.2, 0.25) is 0 Å². The Morgan fingerprint density at radius 1 is 0.476 bits per heavy atom. The van der Waals surface area contributed by atoms with Gasteiger partial charge < -0.3 is 4.57 Å². The molecule has 0 bridgehead atoms. The standard InChI is InChI=1S/C39H25N3/c1-2-13-28-25-29(22-21-26(28)11-1)41-34-18-8-5-15-31(34)37-32-16-6-9-19-35(32)42(36-20-10-7-17-33(36)38(37)41)39-30-14-4-3-12-27(30)23-24-40-39/h1-25H. The number of hydrogen-bond acceptors (Lipinski definition) is 2. The lowest BCUT2D eigenvalue weighted by Gasteiger charge is -2.27. The van der Waals surface area contributed by atoms with Crippen molar-refractivity contribution in [1.82, 2.24) is 9.55 Å². The average molecular weight is 536 g/mol. The monoisotopic (exact) mass is 535 g/mol. The van der Waals surface area contributed by atoms with E-state index in [1.165, 1.54) is 49.4 Å². The molecule has 0 aliphatic carbocycles. The summed E-state index contributed by atoms with van der Waals surface area (Å²) in [5, 5.41) is 5.99. The lowest BCUT2D eigenvalue weighted by Crippen LogP contribution is -2.13. The molecular formula is C39H25N3. The van der Waals surface area contributed by atoms with Gasteiger partial charge in [-0.3, -0.25) is 4.90 Å². The van der Waals surface area contributed by atoms with Crippen molar-refractivity contribution in [3.05, 3.63) is 152 Å². The highest BCUT2D eigenvalue weighted by Gasteiger charge is 2.32. The number of pyridine rings is 1. The van der Waals surface area contributed by atoms with Gasteiger partial charge in [0.15, 0.2) is 0 Å². The quantitative estimate of drug-likeness (QED) is 0.220. The van der Waals surface area contributed by atoms with Crippen LogP contribution in [-0.4, -0.2) is 9.55 Å². The minimum absolute atomic E-state index is 0.930. The van der Waals surface area contributed by atoms with Gasteiger partial charge in [-0.15, -0.1) is 0 Å². The van der Waals surface area contributed by atoms with Gasteiger partial charge in [0.05, 0.1) is 22.6 Å². The summed E-state index contributed by atoms with van der Waals surface area (Å²) in [6.07, 6.45) is 1.92. The highest BCUT2D eigenvalue weighted by molar-refractivity contribution is 6.14. The summed E-state index contributed by atoms with van der Waals surface area (Å²) >= 11 is 0. The smallest absolute Gasteiger partial charge is 0.145 e. The van der Waals surface area contributed by atoms with Crippen molar-refractivity contribution in [2.45, 2.75) is 0 Å². The molecule has 0 N–H and O–H groups in total. The molecule has 0 unspecified atom stereocenters. The van der Waals surface area contributed by atoms with Crippen LogP contribution in [0.3, 0.4) is 0 Å². The molecule has 0 atom stereocenters. The van der Waals surface area contributed by atoms with Crippen LogP contribution in [0.4, 0.5) is 17.2 Å². The average Bonchev–Trinajstić information content (AvgIpc) is 3.34. The first-order valence-electron chi connectivity index (χ1n) is 14.3. The van der Waals surface area contributed by atoms with Crippen LogP contribution in [-0.2, 0) is 0 Å². The largest absolute Gasteiger partial charge is 0.309 e. The molecule has 0 fully saturated rings. The van der Waals surface area contributed by atoms with Gasteiger partial charge in [-0.2, -0.15) is 0 Å². The van der Waals surface area contributed by atoms with Gasteiger partial charge in [0.2, 0.25) is 0 Å². The van der Waals surface area contributed by atoms with E-state index in [2.05, 4.69) is 155 Å². The Kier molecular flexibility index (Phi) is 4.90. The lowest BCUT2D eigenvalue weighted by molar-refractivity contribution is 1.14. The first kappa shape index (κ1) is 23.1. The van der Waals surface area contributed by atoms with Crippen molar-refractivity contribution in [1.29, 1.82) is 0 Å². The predicted octanol–water partition coefficient (Wildman–Crippen LogP) is 10.4. The molecule has 9 rings (SSSR count). The molecular weight excluding hydrogens is 510 g/mol. The van der Waals surface area contributed by atoms with Crippen molar-refractivity contribution in [2.75, 3.05) is 4.90 Å². The summed E-state index contributed by atoms with van der Waals surface area (Å²) in [5.41, 5.74) is 9.36. The molecule has 0 saturated carbocycles. The van der Waals surface area contributed by atoms with E-state index >= 15 is 0 Å². The number of para-hydroxylation sites is 3. The fourth-order valence-electron chi connectivity index (χ4n) is 6.74. The molecule has 3 heteroatoms. The summed E-state index contributed by atoms with van der Waals surface area (Å²) in [6, 6.07) is 52.3. The minimum atomic E-state index is 0.930. The molecule has 2 aromatic heterocycles. The molecule has 1 aliphatic rings. The molecule has 0 spiro atoms. The van der Waals surface area contributed by atoms with E-state index in [0.717, 1.165) is 28.3 Å². The highest BCUT2D eigenvalue weighted by atomic mass is 15.2. The third kappa shape index (κ3) is 3.25. The molecule has 3 nitrogen and oxygen atoms in total. The van der Waals surface area contributed by atoms with Crippen LogP contribution < -0.4 is 4.90 Å². The van der Waals surface area contributed by atoms with Crippen LogP contribution in [0.5, 0.6) is 0 Å². The van der Waals surface area contributed by atoms with Gasteiger partial charge in [0, 0.05) is 39.3 Å². The molecule has 6 aromatic carbocycles. The molecule has 3 heterocycles. The van der Waals surface area contributed by atoms with Crippen LogP contribution in [0.15, 0.2) is 152 Å². The first-order chi connectivity index (χ1) is 20.9. The van der Waals surface area contributed by atoms with E-state index in [4.69, 9.17) is 4.98 Å². The van der Waals surface area contributed by atoms with Crippen molar-refractivity contribution in [3.8, 4) is 28.1 Å². The van der Waals surface area contributed by atoms with Gasteiger partial charge in [0.25, 0.3) is 0 Å². The molecule has 1 aliphatic heterocycles. The summed E-state index contributed by atoms with van der Waals surface area (Å²) in [6.45, 7) is 0. The molecule has 0 amide bonds. The van der Waals surface area contributed by atoms with Crippen molar-refractivity contribution >= 4 is 49.6 Å². The van der Waals surface area contributed by atoms with E-state index in [9.17, 15) is 0 Å². The van der Waals surface area contributed by atoms with E-state index in [-0.39, 0.29) is 0 Å². The second kappa shape index (κ2) is 8.92.